The van der Waals surface area contributed by atoms with Gasteiger partial charge in [0.15, 0.2) is 18.1 Å². The van der Waals surface area contributed by atoms with Gasteiger partial charge >= 0.3 is 0 Å². The number of rotatable bonds is 9. The molecule has 0 aromatic heterocycles. The number of ether oxygens (including phenoxy) is 2. The van der Waals surface area contributed by atoms with E-state index in [1.807, 2.05) is 38.1 Å². The van der Waals surface area contributed by atoms with Crippen LogP contribution in [-0.2, 0) is 9.59 Å². The van der Waals surface area contributed by atoms with E-state index in [4.69, 9.17) is 21.1 Å². The molecule has 0 spiro atoms. The largest absolute Gasteiger partial charge is 0.490 e. The van der Waals surface area contributed by atoms with Crippen molar-refractivity contribution in [2.75, 3.05) is 23.8 Å². The number of carbonyl (C=O) groups is 2. The molecule has 0 aliphatic carbocycles. The molecule has 8 heteroatoms. The molecule has 0 unspecified atom stereocenters. The number of halogens is 1. The molecule has 0 saturated heterocycles. The van der Waals surface area contributed by atoms with Gasteiger partial charge in [0.25, 0.3) is 11.8 Å². The van der Waals surface area contributed by atoms with Crippen LogP contribution in [0, 0.1) is 18.3 Å². The fourth-order valence-corrected chi connectivity index (χ4v) is 3.34. The molecule has 0 saturated carbocycles. The van der Waals surface area contributed by atoms with Crippen molar-refractivity contribution in [1.82, 2.24) is 0 Å². The fraction of sp³-hybridized carbons (Fsp3) is 0.148. The van der Waals surface area contributed by atoms with Crippen molar-refractivity contribution in [3.05, 3.63) is 88.5 Å². The van der Waals surface area contributed by atoms with Crippen molar-refractivity contribution >= 4 is 40.9 Å². The van der Waals surface area contributed by atoms with E-state index in [9.17, 15) is 14.9 Å². The molecule has 3 aromatic rings. The SMILES string of the molecule is CCOc1cc(/C=C(\C#N)C(=O)Nc2cccc(Cl)c2)ccc1OCC(=O)Nc1cccc(C)c1. The maximum atomic E-state index is 12.5. The average Bonchev–Trinajstić information content (AvgIpc) is 2.82. The predicted molar refractivity (Wildman–Crippen MR) is 137 cm³/mol. The predicted octanol–water partition coefficient (Wildman–Crippen LogP) is 5.61. The highest BCUT2D eigenvalue weighted by Gasteiger charge is 2.13. The van der Waals surface area contributed by atoms with Gasteiger partial charge in [0.1, 0.15) is 11.6 Å². The minimum Gasteiger partial charge on any atom is -0.490 e. The Morgan fingerprint density at radius 3 is 2.40 bits per heavy atom. The summed E-state index contributed by atoms with van der Waals surface area (Å²) in [5, 5.41) is 15.4. The Bertz CT molecular complexity index is 1300. The third-order valence-electron chi connectivity index (χ3n) is 4.69. The van der Waals surface area contributed by atoms with Crippen molar-refractivity contribution in [3.63, 3.8) is 0 Å². The zero-order chi connectivity index (χ0) is 25.2. The number of carbonyl (C=O) groups excluding carboxylic acids is 2. The fourth-order valence-electron chi connectivity index (χ4n) is 3.15. The van der Waals surface area contributed by atoms with Gasteiger partial charge in [-0.05, 0) is 73.5 Å². The zero-order valence-electron chi connectivity index (χ0n) is 19.3. The minimum absolute atomic E-state index is 0.0985. The molecular formula is C27H24ClN3O4. The monoisotopic (exact) mass is 489 g/mol. The van der Waals surface area contributed by atoms with Gasteiger partial charge in [-0.1, -0.05) is 35.9 Å². The number of amides is 2. The van der Waals surface area contributed by atoms with Crippen LogP contribution in [0.1, 0.15) is 18.1 Å². The van der Waals surface area contributed by atoms with E-state index in [1.165, 1.54) is 6.08 Å². The second-order valence-electron chi connectivity index (χ2n) is 7.48. The number of aryl methyl sites for hydroxylation is 1. The van der Waals surface area contributed by atoms with E-state index in [0.29, 0.717) is 40.1 Å². The van der Waals surface area contributed by atoms with Crippen molar-refractivity contribution in [1.29, 1.82) is 5.26 Å². The number of hydrogen-bond donors (Lipinski definition) is 2. The molecule has 35 heavy (non-hydrogen) atoms. The number of hydrogen-bond acceptors (Lipinski definition) is 5. The molecule has 0 aliphatic heterocycles. The number of nitriles is 1. The summed E-state index contributed by atoms with van der Waals surface area (Å²) in [6.45, 7) is 3.90. The van der Waals surface area contributed by atoms with Crippen LogP contribution in [0.25, 0.3) is 6.08 Å². The molecule has 0 bridgehead atoms. The van der Waals surface area contributed by atoms with E-state index in [0.717, 1.165) is 5.56 Å². The summed E-state index contributed by atoms with van der Waals surface area (Å²) in [7, 11) is 0. The Morgan fingerprint density at radius 1 is 0.971 bits per heavy atom. The van der Waals surface area contributed by atoms with Crippen LogP contribution in [-0.4, -0.2) is 25.0 Å². The van der Waals surface area contributed by atoms with E-state index in [1.54, 1.807) is 48.5 Å². The highest BCUT2D eigenvalue weighted by molar-refractivity contribution is 6.31. The van der Waals surface area contributed by atoms with Crippen LogP contribution in [0.2, 0.25) is 5.02 Å². The summed E-state index contributed by atoms with van der Waals surface area (Å²) < 4.78 is 11.3. The van der Waals surface area contributed by atoms with Gasteiger partial charge in [-0.25, -0.2) is 0 Å². The molecule has 0 aliphatic rings. The Hall–Kier alpha value is -4.28. The first-order valence-electron chi connectivity index (χ1n) is 10.8. The average molecular weight is 490 g/mol. The molecule has 0 heterocycles. The van der Waals surface area contributed by atoms with Crippen LogP contribution in [0.5, 0.6) is 11.5 Å². The number of anilines is 2. The summed E-state index contributed by atoms with van der Waals surface area (Å²) in [6.07, 6.45) is 1.44. The summed E-state index contributed by atoms with van der Waals surface area (Å²) in [6, 6.07) is 20.9. The third kappa shape index (κ3) is 7.63. The van der Waals surface area contributed by atoms with E-state index < -0.39 is 5.91 Å². The summed E-state index contributed by atoms with van der Waals surface area (Å²) >= 11 is 5.94. The summed E-state index contributed by atoms with van der Waals surface area (Å²) in [4.78, 5) is 24.8. The van der Waals surface area contributed by atoms with Gasteiger partial charge < -0.3 is 20.1 Å². The lowest BCUT2D eigenvalue weighted by Gasteiger charge is -2.13. The van der Waals surface area contributed by atoms with E-state index in [2.05, 4.69) is 10.6 Å². The topological polar surface area (TPSA) is 100 Å². The molecule has 3 rings (SSSR count). The number of benzene rings is 3. The third-order valence-corrected chi connectivity index (χ3v) is 4.92. The molecule has 7 nitrogen and oxygen atoms in total. The molecule has 178 valence electrons. The molecule has 2 amide bonds. The second-order valence-corrected chi connectivity index (χ2v) is 7.92. The highest BCUT2D eigenvalue weighted by Crippen LogP contribution is 2.29. The van der Waals surface area contributed by atoms with Gasteiger partial charge in [-0.3, -0.25) is 9.59 Å². The Balaban J connectivity index is 1.71. The van der Waals surface area contributed by atoms with Crippen molar-refractivity contribution in [2.45, 2.75) is 13.8 Å². The van der Waals surface area contributed by atoms with Gasteiger partial charge in [-0.2, -0.15) is 5.26 Å². The van der Waals surface area contributed by atoms with Gasteiger partial charge in [-0.15, -0.1) is 0 Å². The number of nitrogens with zero attached hydrogens (tertiary/aromatic N) is 1. The van der Waals surface area contributed by atoms with E-state index >= 15 is 0 Å². The first kappa shape index (κ1) is 25.3. The molecular weight excluding hydrogens is 466 g/mol. The Labute approximate surface area is 208 Å². The zero-order valence-corrected chi connectivity index (χ0v) is 20.1. The van der Waals surface area contributed by atoms with Gasteiger partial charge in [0, 0.05) is 16.4 Å². The molecule has 0 atom stereocenters. The Morgan fingerprint density at radius 2 is 1.71 bits per heavy atom. The van der Waals surface area contributed by atoms with Crippen LogP contribution >= 0.6 is 11.6 Å². The minimum atomic E-state index is -0.569. The van der Waals surface area contributed by atoms with Gasteiger partial charge in [0.05, 0.1) is 6.61 Å². The standard InChI is InChI=1S/C27H24ClN3O4/c1-3-34-25-14-19(13-20(16-29)27(33)31-23-9-5-7-21(28)15-23)10-11-24(25)35-17-26(32)30-22-8-4-6-18(2)12-22/h4-15H,3,17H2,1-2H3,(H,30,32)(H,31,33)/b20-13+. The molecule has 3 aromatic carbocycles. The van der Waals surface area contributed by atoms with Crippen molar-refractivity contribution in [3.8, 4) is 17.6 Å². The van der Waals surface area contributed by atoms with Crippen molar-refractivity contribution in [2.24, 2.45) is 0 Å². The highest BCUT2D eigenvalue weighted by atomic mass is 35.5. The molecule has 0 radical (unpaired) electrons. The van der Waals surface area contributed by atoms with Gasteiger partial charge in [0.2, 0.25) is 0 Å². The summed E-state index contributed by atoms with van der Waals surface area (Å²) in [5.41, 5.74) is 2.65. The normalized spacial score (nSPS) is 10.7. The van der Waals surface area contributed by atoms with Crippen LogP contribution in [0.15, 0.2) is 72.3 Å². The maximum absolute atomic E-state index is 12.5. The quantitative estimate of drug-likeness (QED) is 0.300. The first-order valence-corrected chi connectivity index (χ1v) is 11.2. The van der Waals surface area contributed by atoms with Crippen molar-refractivity contribution < 1.29 is 19.1 Å². The lowest BCUT2D eigenvalue weighted by Crippen LogP contribution is -2.20. The molecule has 0 fully saturated rings. The smallest absolute Gasteiger partial charge is 0.266 e. The number of nitrogens with one attached hydrogen (secondary N) is 2. The van der Waals surface area contributed by atoms with Crippen LogP contribution in [0.3, 0.4) is 0 Å². The van der Waals surface area contributed by atoms with E-state index in [-0.39, 0.29) is 18.1 Å². The summed E-state index contributed by atoms with van der Waals surface area (Å²) in [5.74, 6) is -0.130. The first-order chi connectivity index (χ1) is 16.9. The molecule has 2 N–H and O–H groups in total. The lowest BCUT2D eigenvalue weighted by molar-refractivity contribution is -0.118. The Kier molecular flexibility index (Phi) is 8.88. The van der Waals surface area contributed by atoms with Crippen LogP contribution in [0.4, 0.5) is 11.4 Å². The van der Waals surface area contributed by atoms with Crippen LogP contribution < -0.4 is 20.1 Å². The maximum Gasteiger partial charge on any atom is 0.266 e. The lowest BCUT2D eigenvalue weighted by atomic mass is 10.1. The second kappa shape index (κ2) is 12.3.